The SMILES string of the molecule is CCC(=O)O[C@H]1/C(=C/C(=O)OC)C[C@H]2C[C@H]([C@@H](C)OCc3ccccc3)OC(=O)C[C@H](O)CC(=O)O[C@H](C(C)(C)COC(=O)CCl)C[C@@H]3CCO[C@H](/C=C/C(C)(C)[C@]1(O)O2)O3. The van der Waals surface area contributed by atoms with Crippen LogP contribution in [0.15, 0.2) is 54.1 Å². The van der Waals surface area contributed by atoms with E-state index in [2.05, 4.69) is 0 Å². The molecule has 9 atom stereocenters. The summed E-state index contributed by atoms with van der Waals surface area (Å²) in [5, 5.41) is 23.8. The van der Waals surface area contributed by atoms with Crippen LogP contribution in [-0.4, -0.2) is 121 Å². The van der Waals surface area contributed by atoms with Crippen molar-refractivity contribution >= 4 is 41.4 Å². The van der Waals surface area contributed by atoms with E-state index in [-0.39, 0.29) is 57.0 Å². The molecule has 17 heteroatoms. The van der Waals surface area contributed by atoms with Gasteiger partial charge in [0.05, 0.1) is 64.2 Å². The normalized spacial score (nSPS) is 30.8. The summed E-state index contributed by atoms with van der Waals surface area (Å²) in [6, 6.07) is 9.30. The smallest absolute Gasteiger partial charge is 0.330 e. The molecule has 3 aliphatic heterocycles. The van der Waals surface area contributed by atoms with Crippen LogP contribution in [0.3, 0.4) is 0 Å². The van der Waals surface area contributed by atoms with E-state index < -0.39 is 108 Å². The lowest BCUT2D eigenvalue weighted by atomic mass is 9.74. The maximum atomic E-state index is 13.6. The number of aliphatic hydroxyl groups is 2. The number of rotatable bonds is 11. The second-order valence-electron chi connectivity index (χ2n) is 16.8. The van der Waals surface area contributed by atoms with Gasteiger partial charge in [-0.05, 0) is 37.0 Å². The molecule has 4 bridgehead atoms. The second kappa shape index (κ2) is 22.5. The lowest BCUT2D eigenvalue weighted by molar-refractivity contribution is -0.327. The third kappa shape index (κ3) is 14.3. The minimum atomic E-state index is -2.35. The van der Waals surface area contributed by atoms with Crippen molar-refractivity contribution in [2.75, 3.05) is 26.2 Å². The Balaban J connectivity index is 1.79. The lowest BCUT2D eigenvalue weighted by Gasteiger charge is -2.51. The third-order valence-corrected chi connectivity index (χ3v) is 11.2. The van der Waals surface area contributed by atoms with Gasteiger partial charge in [-0.15, -0.1) is 11.6 Å². The number of cyclic esters (lactones) is 2. The van der Waals surface area contributed by atoms with Crippen molar-refractivity contribution < 1.29 is 76.8 Å². The number of alkyl halides is 1. The van der Waals surface area contributed by atoms with Crippen molar-refractivity contribution in [3.8, 4) is 0 Å². The van der Waals surface area contributed by atoms with Gasteiger partial charge in [-0.25, -0.2) is 4.79 Å². The number of benzene rings is 1. The van der Waals surface area contributed by atoms with Gasteiger partial charge >= 0.3 is 29.8 Å². The van der Waals surface area contributed by atoms with Crippen LogP contribution in [-0.2, 0) is 73.2 Å². The van der Waals surface area contributed by atoms with Crippen LogP contribution in [0.2, 0.25) is 0 Å². The van der Waals surface area contributed by atoms with Gasteiger partial charge in [0.1, 0.15) is 18.1 Å². The van der Waals surface area contributed by atoms with Gasteiger partial charge in [-0.2, -0.15) is 0 Å². The molecule has 2 N–H and O–H groups in total. The second-order valence-corrected chi connectivity index (χ2v) is 17.1. The first-order valence-corrected chi connectivity index (χ1v) is 21.1. The molecule has 1 aromatic carbocycles. The van der Waals surface area contributed by atoms with E-state index >= 15 is 0 Å². The van der Waals surface area contributed by atoms with E-state index in [0.717, 1.165) is 11.6 Å². The number of esters is 5. The van der Waals surface area contributed by atoms with Gasteiger partial charge in [0.15, 0.2) is 12.4 Å². The van der Waals surface area contributed by atoms with Crippen molar-refractivity contribution in [2.45, 2.75) is 148 Å². The molecule has 0 aromatic heterocycles. The summed E-state index contributed by atoms with van der Waals surface area (Å²) in [7, 11) is 1.19. The minimum absolute atomic E-state index is 0.0503. The molecule has 61 heavy (non-hydrogen) atoms. The fourth-order valence-corrected chi connectivity index (χ4v) is 7.27. The predicted molar refractivity (Wildman–Crippen MR) is 217 cm³/mol. The molecule has 0 unspecified atom stereocenters. The van der Waals surface area contributed by atoms with Crippen molar-refractivity contribution in [3.05, 3.63) is 59.7 Å². The molecule has 0 amide bonds. The molecule has 0 radical (unpaired) electrons. The van der Waals surface area contributed by atoms with E-state index in [0.29, 0.717) is 6.42 Å². The summed E-state index contributed by atoms with van der Waals surface area (Å²) in [6.45, 7) is 10.3. The number of aliphatic hydroxyl groups excluding tert-OH is 1. The van der Waals surface area contributed by atoms with Gasteiger partial charge < -0.3 is 52.8 Å². The monoisotopic (exact) mass is 880 g/mol. The quantitative estimate of drug-likeness (QED) is 0.101. The summed E-state index contributed by atoms with van der Waals surface area (Å²) in [6.07, 6.45) is -4.81. The van der Waals surface area contributed by atoms with E-state index in [1.807, 2.05) is 30.3 Å². The summed E-state index contributed by atoms with van der Waals surface area (Å²) in [5.41, 5.74) is -1.35. The van der Waals surface area contributed by atoms with Crippen LogP contribution in [0.1, 0.15) is 92.1 Å². The Morgan fingerprint density at radius 3 is 2.36 bits per heavy atom. The third-order valence-electron chi connectivity index (χ3n) is 11.0. The molecule has 2 fully saturated rings. The molecule has 0 spiro atoms. The van der Waals surface area contributed by atoms with Gasteiger partial charge in [-0.1, -0.05) is 71.0 Å². The van der Waals surface area contributed by atoms with Crippen molar-refractivity contribution in [3.63, 3.8) is 0 Å². The first kappa shape index (κ1) is 49.8. The van der Waals surface area contributed by atoms with E-state index in [1.54, 1.807) is 53.7 Å². The molecule has 16 nitrogen and oxygen atoms in total. The Kier molecular flexibility index (Phi) is 18.3. The van der Waals surface area contributed by atoms with Crippen LogP contribution in [0, 0.1) is 10.8 Å². The standard InChI is InChI=1S/C44H61ClO16/c1-8-35(47)60-41-29(19-36(48)53-7)18-32-22-33(27(2)55-25-28-12-10-9-11-13-28)58-37(49)20-30(46)21-38(50)59-34(42(3,4)26-56-39(51)24-45)23-31-15-17-54-40(57-31)14-16-43(5,6)44(41,52)61-32/h9-14,16,19,27,30-34,40-41,46,52H,8,15,17-18,20-26H2,1-7H3/b16-14+,29-19+/t27-,30+,31+,32+,33-,34+,40+,41+,44-/m1/s1. The highest BCUT2D eigenvalue weighted by atomic mass is 35.5. The fraction of sp³-hybridized carbons (Fsp3) is 0.659. The number of carbonyl (C=O) groups excluding carboxylic acids is 5. The zero-order chi connectivity index (χ0) is 45.0. The number of hydrogen-bond donors (Lipinski definition) is 2. The highest BCUT2D eigenvalue weighted by Crippen LogP contribution is 2.47. The molecule has 3 aliphatic rings. The van der Waals surface area contributed by atoms with Gasteiger partial charge in [0.2, 0.25) is 5.79 Å². The zero-order valence-corrected chi connectivity index (χ0v) is 36.8. The highest BCUT2D eigenvalue weighted by Gasteiger charge is 2.58. The Morgan fingerprint density at radius 2 is 1.70 bits per heavy atom. The number of fused-ring (bicyclic) bond motifs is 4. The van der Waals surface area contributed by atoms with Crippen LogP contribution in [0.25, 0.3) is 0 Å². The number of carbonyl (C=O) groups is 5. The first-order valence-electron chi connectivity index (χ1n) is 20.6. The molecule has 0 aliphatic carbocycles. The molecule has 4 rings (SSSR count). The maximum Gasteiger partial charge on any atom is 0.330 e. The van der Waals surface area contributed by atoms with Crippen LogP contribution in [0.5, 0.6) is 0 Å². The highest BCUT2D eigenvalue weighted by molar-refractivity contribution is 6.26. The average molecular weight is 881 g/mol. The van der Waals surface area contributed by atoms with Gasteiger partial charge in [0, 0.05) is 36.2 Å². The lowest BCUT2D eigenvalue weighted by Crippen LogP contribution is -2.62. The van der Waals surface area contributed by atoms with Crippen molar-refractivity contribution in [1.82, 2.24) is 0 Å². The van der Waals surface area contributed by atoms with Crippen LogP contribution in [0.4, 0.5) is 0 Å². The Bertz CT molecular complexity index is 1710. The molecular weight excluding hydrogens is 820 g/mol. The molecule has 340 valence electrons. The van der Waals surface area contributed by atoms with E-state index in [9.17, 15) is 34.2 Å². The Hall–Kier alpha value is -3.90. The molecule has 3 heterocycles. The van der Waals surface area contributed by atoms with Gasteiger partial charge in [0.25, 0.3) is 0 Å². The van der Waals surface area contributed by atoms with Crippen molar-refractivity contribution in [2.24, 2.45) is 10.8 Å². The van der Waals surface area contributed by atoms with Crippen LogP contribution >= 0.6 is 11.6 Å². The number of ether oxygens (including phenoxy) is 9. The summed E-state index contributed by atoms with van der Waals surface area (Å²) >= 11 is 5.66. The largest absolute Gasteiger partial charge is 0.466 e. The van der Waals surface area contributed by atoms with E-state index in [4.69, 9.17) is 54.2 Å². The van der Waals surface area contributed by atoms with E-state index in [1.165, 1.54) is 7.11 Å². The minimum Gasteiger partial charge on any atom is -0.466 e. The summed E-state index contributed by atoms with van der Waals surface area (Å²) in [4.78, 5) is 64.7. The maximum absolute atomic E-state index is 13.6. The molecular formula is C44H61ClO16. The summed E-state index contributed by atoms with van der Waals surface area (Å²) < 4.78 is 52.9. The zero-order valence-electron chi connectivity index (χ0n) is 36.0. The predicted octanol–water partition coefficient (Wildman–Crippen LogP) is 4.77. The summed E-state index contributed by atoms with van der Waals surface area (Å²) in [5.74, 6) is -6.51. The fourth-order valence-electron chi connectivity index (χ4n) is 7.19. The molecule has 1 aromatic rings. The Labute approximate surface area is 362 Å². The topological polar surface area (TPSA) is 209 Å². The van der Waals surface area contributed by atoms with Crippen LogP contribution < -0.4 is 0 Å². The number of halogens is 1. The Morgan fingerprint density at radius 1 is 1.02 bits per heavy atom. The first-order chi connectivity index (χ1) is 28.8. The molecule has 0 saturated carbocycles. The number of methoxy groups -OCH3 is 1. The number of hydrogen-bond acceptors (Lipinski definition) is 16. The average Bonchev–Trinajstić information content (AvgIpc) is 3.21. The molecule has 2 saturated heterocycles. The van der Waals surface area contributed by atoms with Crippen molar-refractivity contribution in [1.29, 1.82) is 0 Å². The van der Waals surface area contributed by atoms with Gasteiger partial charge in [-0.3, -0.25) is 19.2 Å².